The molecule has 1 aliphatic carbocycles. The van der Waals surface area contributed by atoms with Crippen LogP contribution in [-0.2, 0) is 22.5 Å². The number of benzene rings is 1. The number of aliphatic imine (C=N–C) groups is 1. The van der Waals surface area contributed by atoms with E-state index in [1.165, 1.54) is 0 Å². The molecule has 1 saturated carbocycles. The Kier molecular flexibility index (Phi) is 8.38. The van der Waals surface area contributed by atoms with Crippen molar-refractivity contribution in [3.63, 3.8) is 0 Å². The van der Waals surface area contributed by atoms with Crippen LogP contribution in [0.15, 0.2) is 29.3 Å². The first kappa shape index (κ1) is 25.4. The third-order valence-corrected chi connectivity index (χ3v) is 6.98. The Balaban J connectivity index is 1.46. The van der Waals surface area contributed by atoms with E-state index in [0.717, 1.165) is 48.4 Å². The Morgan fingerprint density at radius 2 is 2.00 bits per heavy atom. The lowest BCUT2D eigenvalue weighted by Crippen LogP contribution is -2.45. The summed E-state index contributed by atoms with van der Waals surface area (Å²) in [5.41, 5.74) is 2.67. The Hall–Kier alpha value is -3.65. The molecule has 0 saturated heterocycles. The highest BCUT2D eigenvalue weighted by molar-refractivity contribution is 5.89. The summed E-state index contributed by atoms with van der Waals surface area (Å²) in [6.45, 7) is 3.90. The van der Waals surface area contributed by atoms with Crippen LogP contribution in [0.2, 0.25) is 0 Å². The number of ether oxygens (including phenoxy) is 2. The highest BCUT2D eigenvalue weighted by Gasteiger charge is 2.31. The summed E-state index contributed by atoms with van der Waals surface area (Å²) in [4.78, 5) is 41.6. The Morgan fingerprint density at radius 3 is 2.72 bits per heavy atom. The van der Waals surface area contributed by atoms with Crippen LogP contribution >= 0.6 is 0 Å². The van der Waals surface area contributed by atoms with E-state index >= 15 is 0 Å². The first-order valence-electron chi connectivity index (χ1n) is 12.5. The number of amides is 2. The third-order valence-electron chi connectivity index (χ3n) is 6.98. The predicted molar refractivity (Wildman–Crippen MR) is 132 cm³/mol. The van der Waals surface area contributed by atoms with Gasteiger partial charge in [-0.15, -0.1) is 0 Å². The minimum atomic E-state index is -0.491. The largest absolute Gasteiger partial charge is 0.497 e. The molecule has 192 valence electrons. The second-order valence-corrected chi connectivity index (χ2v) is 9.29. The topological polar surface area (TPSA) is 115 Å². The number of isocyanates is 1. The fourth-order valence-corrected chi connectivity index (χ4v) is 5.16. The molecule has 2 atom stereocenters. The maximum atomic E-state index is 13.0. The summed E-state index contributed by atoms with van der Waals surface area (Å²) in [5.74, 6) is 0.974. The fraction of sp³-hybridized carbons (Fsp3) is 0.538. The molecule has 2 unspecified atom stereocenters. The average molecular weight is 496 g/mol. The molecule has 4 rings (SSSR count). The van der Waals surface area contributed by atoms with Crippen LogP contribution in [-0.4, -0.2) is 66.1 Å². The summed E-state index contributed by atoms with van der Waals surface area (Å²) < 4.78 is 12.3. The van der Waals surface area contributed by atoms with E-state index in [9.17, 15) is 14.4 Å². The van der Waals surface area contributed by atoms with Crippen molar-refractivity contribution in [3.8, 4) is 11.4 Å². The van der Waals surface area contributed by atoms with Gasteiger partial charge in [0.15, 0.2) is 5.69 Å². The van der Waals surface area contributed by atoms with Gasteiger partial charge in [-0.05, 0) is 62.3 Å². The Bertz CT molecular complexity index is 1120. The normalized spacial score (nSPS) is 19.1. The number of carbonyl (C=O) groups excluding carboxylic acids is 3. The second kappa shape index (κ2) is 11.9. The van der Waals surface area contributed by atoms with Gasteiger partial charge in [0.05, 0.1) is 38.2 Å². The molecule has 0 spiro atoms. The van der Waals surface area contributed by atoms with Gasteiger partial charge < -0.3 is 19.7 Å². The monoisotopic (exact) mass is 495 g/mol. The maximum absolute atomic E-state index is 13.0. The highest BCUT2D eigenvalue weighted by Crippen LogP contribution is 2.30. The number of esters is 1. The minimum absolute atomic E-state index is 0.152. The van der Waals surface area contributed by atoms with E-state index in [1.807, 2.05) is 24.3 Å². The summed E-state index contributed by atoms with van der Waals surface area (Å²) in [6.07, 6.45) is 6.30. The zero-order valence-corrected chi connectivity index (χ0v) is 20.9. The van der Waals surface area contributed by atoms with Crippen LogP contribution in [0.4, 0.5) is 4.79 Å². The fourth-order valence-electron chi connectivity index (χ4n) is 5.16. The molecule has 1 N–H and O–H groups in total. The quantitative estimate of drug-likeness (QED) is 0.341. The molecule has 1 aromatic heterocycles. The van der Waals surface area contributed by atoms with Crippen molar-refractivity contribution in [2.75, 3.05) is 33.4 Å². The Labute approximate surface area is 210 Å². The van der Waals surface area contributed by atoms with Crippen molar-refractivity contribution in [3.05, 3.63) is 41.2 Å². The lowest BCUT2D eigenvalue weighted by atomic mass is 9.81. The van der Waals surface area contributed by atoms with E-state index in [0.29, 0.717) is 37.9 Å². The first-order valence-corrected chi connectivity index (χ1v) is 12.5. The molecule has 2 aliphatic rings. The maximum Gasteiger partial charge on any atom is 0.359 e. The van der Waals surface area contributed by atoms with Gasteiger partial charge in [0.25, 0.3) is 0 Å². The van der Waals surface area contributed by atoms with Crippen LogP contribution < -0.4 is 10.1 Å². The van der Waals surface area contributed by atoms with Crippen molar-refractivity contribution in [2.45, 2.75) is 45.6 Å². The van der Waals surface area contributed by atoms with Gasteiger partial charge in [-0.1, -0.05) is 6.42 Å². The van der Waals surface area contributed by atoms with E-state index < -0.39 is 5.97 Å². The van der Waals surface area contributed by atoms with Gasteiger partial charge in [0.1, 0.15) is 5.75 Å². The summed E-state index contributed by atoms with van der Waals surface area (Å²) in [6, 6.07) is 7.31. The van der Waals surface area contributed by atoms with Crippen molar-refractivity contribution >= 4 is 18.1 Å². The molecular formula is C26H33N5O5. The standard InChI is InChI=1S/C26H33N5O5/c1-3-36-25(33)24-22-16-30(26(34)28-15-19-6-4-5-18(13-19)14-27-17-32)12-11-23(22)31(29-24)20-7-9-21(35-2)10-8-20/h7-10,18-19H,3-6,11-16H2,1-2H3,(H,28,34). The lowest BCUT2D eigenvalue weighted by Gasteiger charge is -2.31. The minimum Gasteiger partial charge on any atom is -0.497 e. The van der Waals surface area contributed by atoms with E-state index in [-0.39, 0.29) is 24.9 Å². The number of methoxy groups -OCH3 is 1. The van der Waals surface area contributed by atoms with E-state index in [2.05, 4.69) is 15.4 Å². The molecule has 36 heavy (non-hydrogen) atoms. The summed E-state index contributed by atoms with van der Waals surface area (Å²) in [5, 5.41) is 7.67. The van der Waals surface area contributed by atoms with Crippen LogP contribution in [0, 0.1) is 11.8 Å². The van der Waals surface area contributed by atoms with Gasteiger partial charge in [-0.25, -0.2) is 24.1 Å². The van der Waals surface area contributed by atoms with Crippen molar-refractivity contribution in [2.24, 2.45) is 16.8 Å². The first-order chi connectivity index (χ1) is 17.5. The predicted octanol–water partition coefficient (Wildman–Crippen LogP) is 3.27. The summed E-state index contributed by atoms with van der Waals surface area (Å²) >= 11 is 0. The van der Waals surface area contributed by atoms with Crippen LogP contribution in [0.25, 0.3) is 5.69 Å². The molecule has 2 aromatic rings. The van der Waals surface area contributed by atoms with Gasteiger partial charge in [0.2, 0.25) is 6.08 Å². The molecule has 0 bridgehead atoms. The van der Waals surface area contributed by atoms with Crippen molar-refractivity contribution < 1.29 is 23.9 Å². The average Bonchev–Trinajstić information content (AvgIpc) is 3.30. The molecular weight excluding hydrogens is 462 g/mol. The van der Waals surface area contributed by atoms with Crippen LogP contribution in [0.3, 0.4) is 0 Å². The van der Waals surface area contributed by atoms with Crippen LogP contribution in [0.1, 0.15) is 54.4 Å². The molecule has 2 heterocycles. The molecule has 2 amide bonds. The van der Waals surface area contributed by atoms with E-state index in [1.54, 1.807) is 29.7 Å². The molecule has 1 fully saturated rings. The van der Waals surface area contributed by atoms with Gasteiger partial charge in [-0.2, -0.15) is 5.10 Å². The Morgan fingerprint density at radius 1 is 1.22 bits per heavy atom. The number of nitrogens with one attached hydrogen (secondary N) is 1. The molecule has 10 nitrogen and oxygen atoms in total. The second-order valence-electron chi connectivity index (χ2n) is 9.29. The number of nitrogens with zero attached hydrogens (tertiary/aromatic N) is 4. The van der Waals surface area contributed by atoms with Crippen molar-refractivity contribution in [1.29, 1.82) is 0 Å². The van der Waals surface area contributed by atoms with Gasteiger partial charge in [-0.3, -0.25) is 0 Å². The molecule has 1 aliphatic heterocycles. The number of fused-ring (bicyclic) bond motifs is 1. The zero-order chi connectivity index (χ0) is 25.5. The number of carbonyl (C=O) groups is 2. The van der Waals surface area contributed by atoms with Crippen molar-refractivity contribution in [1.82, 2.24) is 20.0 Å². The smallest absolute Gasteiger partial charge is 0.359 e. The molecule has 10 heteroatoms. The zero-order valence-electron chi connectivity index (χ0n) is 20.9. The third kappa shape index (κ3) is 5.76. The number of aromatic nitrogens is 2. The number of hydrogen-bond acceptors (Lipinski definition) is 7. The molecule has 0 radical (unpaired) electrons. The number of rotatable bonds is 8. The van der Waals surface area contributed by atoms with Gasteiger partial charge in [0, 0.05) is 25.1 Å². The summed E-state index contributed by atoms with van der Waals surface area (Å²) in [7, 11) is 1.61. The SMILES string of the molecule is CCOC(=O)c1nn(-c2ccc(OC)cc2)c2c1CN(C(=O)NCC1CCCC(CN=C=O)C1)CC2. The number of hydrogen-bond donors (Lipinski definition) is 1. The van der Waals surface area contributed by atoms with E-state index in [4.69, 9.17) is 9.47 Å². The number of urea groups is 1. The van der Waals surface area contributed by atoms with Crippen LogP contribution in [0.5, 0.6) is 5.75 Å². The molecule has 1 aromatic carbocycles. The lowest BCUT2D eigenvalue weighted by molar-refractivity contribution is 0.0516. The van der Waals surface area contributed by atoms with Gasteiger partial charge >= 0.3 is 12.0 Å². The highest BCUT2D eigenvalue weighted by atomic mass is 16.5.